The Balaban J connectivity index is 2.23. The van der Waals surface area contributed by atoms with E-state index in [4.69, 9.17) is 11.6 Å². The molecule has 2 aromatic rings. The smallest absolute Gasteiger partial charge is 0.199 e. The Bertz CT molecular complexity index is 573. The lowest BCUT2D eigenvalue weighted by Crippen LogP contribution is -1.97. The van der Waals surface area contributed by atoms with Crippen molar-refractivity contribution in [3.05, 3.63) is 75.2 Å². The minimum atomic E-state index is -0.0365. The lowest BCUT2D eigenvalue weighted by atomic mass is 10.1. The topological polar surface area (TPSA) is 17.1 Å². The van der Waals surface area contributed by atoms with E-state index >= 15 is 0 Å². The summed E-state index contributed by atoms with van der Waals surface area (Å²) in [6, 6.07) is 16.5. The molecule has 1 nitrogen and oxygen atoms in total. The molecule has 3 heteroatoms. The molecule has 0 amide bonds. The van der Waals surface area contributed by atoms with Crippen molar-refractivity contribution in [3.63, 3.8) is 0 Å². The molecule has 0 spiro atoms. The van der Waals surface area contributed by atoms with Crippen LogP contribution in [0.1, 0.15) is 15.9 Å². The standard InChI is InChI=1S/C15H10BrClO/c16-14(10-11-6-8-13(17)9-7-11)15(18)12-4-2-1-3-5-12/h1-10H/b14-10-. The second-order valence-electron chi connectivity index (χ2n) is 3.74. The van der Waals surface area contributed by atoms with Crippen LogP contribution in [0.25, 0.3) is 6.08 Å². The molecule has 0 heterocycles. The number of benzene rings is 2. The van der Waals surface area contributed by atoms with E-state index in [2.05, 4.69) is 15.9 Å². The number of carbonyl (C=O) groups is 1. The van der Waals surface area contributed by atoms with E-state index in [1.807, 2.05) is 30.3 Å². The summed E-state index contributed by atoms with van der Waals surface area (Å²) in [6.45, 7) is 0. The molecule has 0 saturated carbocycles. The Morgan fingerprint density at radius 3 is 2.22 bits per heavy atom. The van der Waals surface area contributed by atoms with E-state index in [-0.39, 0.29) is 5.78 Å². The van der Waals surface area contributed by atoms with Crippen LogP contribution < -0.4 is 0 Å². The van der Waals surface area contributed by atoms with Gasteiger partial charge in [-0.05, 0) is 39.7 Å². The first-order valence-electron chi connectivity index (χ1n) is 5.39. The van der Waals surface area contributed by atoms with Crippen LogP contribution in [0.5, 0.6) is 0 Å². The molecule has 2 rings (SSSR count). The summed E-state index contributed by atoms with van der Waals surface area (Å²) in [6.07, 6.45) is 1.78. The highest BCUT2D eigenvalue weighted by molar-refractivity contribution is 9.12. The lowest BCUT2D eigenvalue weighted by Gasteiger charge is -2.00. The molecule has 0 aromatic heterocycles. The monoisotopic (exact) mass is 320 g/mol. The normalized spacial score (nSPS) is 11.3. The number of rotatable bonds is 3. The molecular formula is C15H10BrClO. The Morgan fingerprint density at radius 1 is 1.00 bits per heavy atom. The van der Waals surface area contributed by atoms with E-state index < -0.39 is 0 Å². The minimum absolute atomic E-state index is 0.0365. The zero-order valence-electron chi connectivity index (χ0n) is 9.44. The third kappa shape index (κ3) is 3.31. The third-order valence-electron chi connectivity index (χ3n) is 2.42. The van der Waals surface area contributed by atoms with Gasteiger partial charge in [-0.1, -0.05) is 54.1 Å². The second-order valence-corrected chi connectivity index (χ2v) is 5.03. The van der Waals surface area contributed by atoms with Gasteiger partial charge in [-0.2, -0.15) is 0 Å². The van der Waals surface area contributed by atoms with E-state index in [0.29, 0.717) is 15.1 Å². The quantitative estimate of drug-likeness (QED) is 0.577. The Hall–Kier alpha value is -1.38. The van der Waals surface area contributed by atoms with Crippen molar-refractivity contribution in [2.24, 2.45) is 0 Å². The maximum absolute atomic E-state index is 12.1. The van der Waals surface area contributed by atoms with Crippen molar-refractivity contribution in [2.45, 2.75) is 0 Å². The fraction of sp³-hybridized carbons (Fsp3) is 0. The molecule has 0 radical (unpaired) electrons. The summed E-state index contributed by atoms with van der Waals surface area (Å²) in [5.74, 6) is -0.0365. The molecule has 0 atom stereocenters. The summed E-state index contributed by atoms with van der Waals surface area (Å²) in [7, 11) is 0. The van der Waals surface area contributed by atoms with E-state index in [1.54, 1.807) is 30.3 Å². The van der Waals surface area contributed by atoms with Crippen LogP contribution in [0.15, 0.2) is 59.1 Å². The van der Waals surface area contributed by atoms with Gasteiger partial charge in [-0.3, -0.25) is 4.79 Å². The first kappa shape index (κ1) is 13.1. The molecule has 2 aromatic carbocycles. The van der Waals surface area contributed by atoms with E-state index in [0.717, 1.165) is 5.56 Å². The number of Topliss-reactive ketones (excluding diaryl/α,β-unsaturated/α-hetero) is 1. The van der Waals surface area contributed by atoms with Gasteiger partial charge < -0.3 is 0 Å². The van der Waals surface area contributed by atoms with Crippen LogP contribution in [-0.4, -0.2) is 5.78 Å². The first-order valence-corrected chi connectivity index (χ1v) is 6.56. The highest BCUT2D eigenvalue weighted by atomic mass is 79.9. The molecule has 0 unspecified atom stereocenters. The number of hydrogen-bond acceptors (Lipinski definition) is 1. The van der Waals surface area contributed by atoms with Gasteiger partial charge in [0.2, 0.25) is 0 Å². The molecule has 0 fully saturated rings. The maximum atomic E-state index is 12.1. The molecule has 90 valence electrons. The Morgan fingerprint density at radius 2 is 1.61 bits per heavy atom. The summed E-state index contributed by atoms with van der Waals surface area (Å²) in [4.78, 5) is 12.1. The molecule has 0 aliphatic heterocycles. The Kier molecular flexibility index (Phi) is 4.34. The van der Waals surface area contributed by atoms with Crippen LogP contribution in [0.2, 0.25) is 5.02 Å². The van der Waals surface area contributed by atoms with E-state index in [9.17, 15) is 4.79 Å². The molecule has 0 aliphatic rings. The zero-order valence-corrected chi connectivity index (χ0v) is 11.8. The number of halogens is 2. The molecular weight excluding hydrogens is 312 g/mol. The predicted molar refractivity (Wildman–Crippen MR) is 79.1 cm³/mol. The average molecular weight is 322 g/mol. The fourth-order valence-electron chi connectivity index (χ4n) is 1.50. The van der Waals surface area contributed by atoms with Crippen LogP contribution in [0.3, 0.4) is 0 Å². The second kappa shape index (κ2) is 5.98. The van der Waals surface area contributed by atoms with Crippen LogP contribution in [0.4, 0.5) is 0 Å². The van der Waals surface area contributed by atoms with Crippen LogP contribution >= 0.6 is 27.5 Å². The molecule has 0 N–H and O–H groups in total. The van der Waals surface area contributed by atoms with Crippen LogP contribution in [-0.2, 0) is 0 Å². The van der Waals surface area contributed by atoms with Gasteiger partial charge in [0.1, 0.15) is 0 Å². The lowest BCUT2D eigenvalue weighted by molar-refractivity contribution is 0.104. The minimum Gasteiger partial charge on any atom is -0.288 e. The fourth-order valence-corrected chi connectivity index (χ4v) is 2.12. The van der Waals surface area contributed by atoms with Crippen molar-refractivity contribution in [1.82, 2.24) is 0 Å². The highest BCUT2D eigenvalue weighted by Gasteiger charge is 2.08. The van der Waals surface area contributed by atoms with Crippen molar-refractivity contribution in [1.29, 1.82) is 0 Å². The SMILES string of the molecule is O=C(/C(Br)=C/c1ccc(Cl)cc1)c1ccccc1. The van der Waals surface area contributed by atoms with Crippen LogP contribution in [0, 0.1) is 0 Å². The molecule has 0 aliphatic carbocycles. The van der Waals surface area contributed by atoms with Crippen molar-refractivity contribution >= 4 is 39.4 Å². The molecule has 18 heavy (non-hydrogen) atoms. The number of hydrogen-bond donors (Lipinski definition) is 0. The molecule has 0 bridgehead atoms. The summed E-state index contributed by atoms with van der Waals surface area (Å²) in [5, 5.41) is 0.678. The average Bonchev–Trinajstić information content (AvgIpc) is 2.41. The van der Waals surface area contributed by atoms with Gasteiger partial charge in [0, 0.05) is 10.6 Å². The van der Waals surface area contributed by atoms with Gasteiger partial charge >= 0.3 is 0 Å². The zero-order chi connectivity index (χ0) is 13.0. The summed E-state index contributed by atoms with van der Waals surface area (Å²) < 4.78 is 0.524. The third-order valence-corrected chi connectivity index (χ3v) is 3.26. The number of allylic oxidation sites excluding steroid dienone is 1. The number of ketones is 1. The maximum Gasteiger partial charge on any atom is 0.199 e. The van der Waals surface area contributed by atoms with Crippen molar-refractivity contribution < 1.29 is 4.79 Å². The Labute approximate surface area is 119 Å². The van der Waals surface area contributed by atoms with Crippen molar-refractivity contribution in [2.75, 3.05) is 0 Å². The van der Waals surface area contributed by atoms with Gasteiger partial charge in [0.15, 0.2) is 5.78 Å². The van der Waals surface area contributed by atoms with Gasteiger partial charge in [-0.25, -0.2) is 0 Å². The molecule has 0 saturated heterocycles. The number of carbonyl (C=O) groups excluding carboxylic acids is 1. The highest BCUT2D eigenvalue weighted by Crippen LogP contribution is 2.19. The predicted octanol–water partition coefficient (Wildman–Crippen LogP) is 4.96. The summed E-state index contributed by atoms with van der Waals surface area (Å²) in [5.41, 5.74) is 1.59. The summed E-state index contributed by atoms with van der Waals surface area (Å²) >= 11 is 9.12. The van der Waals surface area contributed by atoms with Gasteiger partial charge in [0.25, 0.3) is 0 Å². The first-order chi connectivity index (χ1) is 8.66. The van der Waals surface area contributed by atoms with Crippen molar-refractivity contribution in [3.8, 4) is 0 Å². The van der Waals surface area contributed by atoms with E-state index in [1.165, 1.54) is 0 Å². The van der Waals surface area contributed by atoms with Gasteiger partial charge in [-0.15, -0.1) is 0 Å². The van der Waals surface area contributed by atoms with Gasteiger partial charge in [0.05, 0.1) is 4.48 Å². The largest absolute Gasteiger partial charge is 0.288 e.